The van der Waals surface area contributed by atoms with E-state index in [1.165, 1.54) is 0 Å². The fraction of sp³-hybridized carbons (Fsp3) is 0. The Bertz CT molecular complexity index is 321. The molecule has 1 unspecified atom stereocenters. The molecule has 1 aromatic carbocycles. The van der Waals surface area contributed by atoms with Gasteiger partial charge in [-0.05, 0) is 0 Å². The van der Waals surface area contributed by atoms with Gasteiger partial charge in [0.2, 0.25) is 0 Å². The Morgan fingerprint density at radius 2 is 2.10 bits per heavy atom. The monoisotopic (exact) mass is 200 g/mol. The van der Waals surface area contributed by atoms with Gasteiger partial charge < -0.3 is 0 Å². The first-order chi connectivity index (χ1) is 4.88. The molecule has 1 heterocycles. The molecule has 2 rings (SSSR count). The second-order valence-electron chi connectivity index (χ2n) is 1.90. The number of hydrogen-bond acceptors (Lipinski definition) is 2. The quantitative estimate of drug-likeness (QED) is 0.572. The van der Waals surface area contributed by atoms with Crippen LogP contribution in [0.25, 0.3) is 0 Å². The fourth-order valence-electron chi connectivity index (χ4n) is 0.812. The molecule has 1 aromatic rings. The van der Waals surface area contributed by atoms with Gasteiger partial charge in [-0.25, -0.2) is 0 Å². The van der Waals surface area contributed by atoms with Gasteiger partial charge in [-0.1, -0.05) is 0 Å². The average molecular weight is 199 g/mol. The molecule has 50 valence electrons. The molecular formula is C6H4N2OSe. The third kappa shape index (κ3) is 0.735. The molecular weight excluding hydrogens is 195 g/mol. The standard InChI is InChI=1S/C6H4N2OSe/c9-10-6-4-2-1-3-5(6)7-8-10/h1-4H. The van der Waals surface area contributed by atoms with Crippen molar-refractivity contribution in [2.75, 3.05) is 0 Å². The summed E-state index contributed by atoms with van der Waals surface area (Å²) in [7, 11) is 0. The zero-order chi connectivity index (χ0) is 6.97. The molecule has 0 saturated heterocycles. The van der Waals surface area contributed by atoms with Gasteiger partial charge in [-0.15, -0.1) is 0 Å². The molecule has 0 fully saturated rings. The maximum atomic E-state index is 11.0. The SMILES string of the molecule is O=[Se]1N=Nc2ccccc21. The molecule has 0 spiro atoms. The van der Waals surface area contributed by atoms with Crippen LogP contribution in [0.3, 0.4) is 0 Å². The molecule has 1 atom stereocenters. The van der Waals surface area contributed by atoms with E-state index >= 15 is 0 Å². The summed E-state index contributed by atoms with van der Waals surface area (Å²) in [5, 5.41) is 3.75. The van der Waals surface area contributed by atoms with Crippen LogP contribution in [0.2, 0.25) is 0 Å². The van der Waals surface area contributed by atoms with Crippen molar-refractivity contribution in [3.63, 3.8) is 0 Å². The van der Waals surface area contributed by atoms with Gasteiger partial charge in [0.15, 0.2) is 0 Å². The Kier molecular flexibility index (Phi) is 1.22. The van der Waals surface area contributed by atoms with Crippen LogP contribution in [-0.4, -0.2) is 14.1 Å². The molecule has 3 nitrogen and oxygen atoms in total. The third-order valence-electron chi connectivity index (χ3n) is 1.28. The summed E-state index contributed by atoms with van der Waals surface area (Å²) in [6, 6.07) is 7.35. The van der Waals surface area contributed by atoms with E-state index in [-0.39, 0.29) is 0 Å². The third-order valence-corrected chi connectivity index (χ3v) is 3.27. The Hall–Kier alpha value is -0.861. The second kappa shape index (κ2) is 2.08. The van der Waals surface area contributed by atoms with Gasteiger partial charge in [0.05, 0.1) is 0 Å². The molecule has 0 radical (unpaired) electrons. The van der Waals surface area contributed by atoms with Crippen molar-refractivity contribution >= 4 is 24.2 Å². The minimum atomic E-state index is -2.11. The number of nitrogens with zero attached hydrogens (tertiary/aromatic N) is 2. The van der Waals surface area contributed by atoms with Gasteiger partial charge in [0.1, 0.15) is 0 Å². The van der Waals surface area contributed by atoms with E-state index in [9.17, 15) is 3.83 Å². The van der Waals surface area contributed by atoms with Crippen LogP contribution in [0.4, 0.5) is 5.69 Å². The van der Waals surface area contributed by atoms with Crippen molar-refractivity contribution in [2.24, 2.45) is 9.24 Å². The van der Waals surface area contributed by atoms with E-state index in [2.05, 4.69) is 9.24 Å². The number of rotatable bonds is 0. The molecule has 1 aliphatic rings. The maximum absolute atomic E-state index is 11.0. The van der Waals surface area contributed by atoms with Gasteiger partial charge in [0, 0.05) is 0 Å². The Morgan fingerprint density at radius 1 is 1.30 bits per heavy atom. The molecule has 0 aliphatic carbocycles. The molecule has 0 N–H and O–H groups in total. The first-order valence-electron chi connectivity index (χ1n) is 2.80. The van der Waals surface area contributed by atoms with Gasteiger partial charge in [-0.2, -0.15) is 0 Å². The van der Waals surface area contributed by atoms with E-state index in [1.807, 2.05) is 24.3 Å². The molecule has 0 saturated carbocycles. The summed E-state index contributed by atoms with van der Waals surface area (Å²) in [5.41, 5.74) is 0.766. The molecule has 0 bridgehead atoms. The zero-order valence-corrected chi connectivity index (χ0v) is 6.73. The van der Waals surface area contributed by atoms with Crippen LogP contribution in [0.15, 0.2) is 33.5 Å². The number of benzene rings is 1. The minimum absolute atomic E-state index is 0.766. The predicted molar refractivity (Wildman–Crippen MR) is 37.0 cm³/mol. The van der Waals surface area contributed by atoms with Crippen molar-refractivity contribution < 1.29 is 3.83 Å². The number of fused-ring (bicyclic) bond motifs is 1. The average Bonchev–Trinajstić information content (AvgIpc) is 2.34. The van der Waals surface area contributed by atoms with E-state index < -0.39 is 14.1 Å². The molecule has 0 amide bonds. The second-order valence-corrected chi connectivity index (χ2v) is 4.21. The van der Waals surface area contributed by atoms with Crippen molar-refractivity contribution in [2.45, 2.75) is 0 Å². The summed E-state index contributed by atoms with van der Waals surface area (Å²) in [5.74, 6) is 0. The molecule has 4 heteroatoms. The van der Waals surface area contributed by atoms with Crippen molar-refractivity contribution in [1.82, 2.24) is 0 Å². The Balaban J connectivity index is 2.70. The zero-order valence-electron chi connectivity index (χ0n) is 5.02. The van der Waals surface area contributed by atoms with Crippen molar-refractivity contribution in [3.05, 3.63) is 24.3 Å². The Labute approximate surface area is 62.1 Å². The van der Waals surface area contributed by atoms with E-state index in [0.29, 0.717) is 0 Å². The van der Waals surface area contributed by atoms with E-state index in [1.54, 1.807) is 0 Å². The molecule has 1 aliphatic heterocycles. The van der Waals surface area contributed by atoms with Crippen LogP contribution in [-0.2, 0) is 3.83 Å². The van der Waals surface area contributed by atoms with Gasteiger partial charge >= 0.3 is 61.5 Å². The summed E-state index contributed by atoms with van der Waals surface area (Å²) < 4.78 is 15.4. The normalized spacial score (nSPS) is 21.0. The Morgan fingerprint density at radius 3 is 2.90 bits per heavy atom. The van der Waals surface area contributed by atoms with E-state index in [0.717, 1.165) is 10.1 Å². The predicted octanol–water partition coefficient (Wildman–Crippen LogP) is 0.910. The van der Waals surface area contributed by atoms with Crippen LogP contribution in [0, 0.1) is 0 Å². The summed E-state index contributed by atoms with van der Waals surface area (Å²) in [4.78, 5) is 0. The number of hydrogen-bond donors (Lipinski definition) is 0. The first-order valence-corrected chi connectivity index (χ1v) is 5.13. The first kappa shape index (κ1) is 5.89. The van der Waals surface area contributed by atoms with Gasteiger partial charge in [-0.3, -0.25) is 0 Å². The summed E-state index contributed by atoms with van der Waals surface area (Å²) in [6.45, 7) is 0. The topological polar surface area (TPSA) is 41.8 Å². The summed E-state index contributed by atoms with van der Waals surface area (Å²) >= 11 is -2.11. The van der Waals surface area contributed by atoms with Gasteiger partial charge in [0.25, 0.3) is 0 Å². The fourth-order valence-corrected chi connectivity index (χ4v) is 2.35. The van der Waals surface area contributed by atoms with E-state index in [4.69, 9.17) is 0 Å². The van der Waals surface area contributed by atoms with Crippen LogP contribution in [0.5, 0.6) is 0 Å². The van der Waals surface area contributed by atoms with Crippen molar-refractivity contribution in [3.8, 4) is 0 Å². The van der Waals surface area contributed by atoms with Crippen LogP contribution >= 0.6 is 0 Å². The van der Waals surface area contributed by atoms with Crippen LogP contribution < -0.4 is 4.46 Å². The van der Waals surface area contributed by atoms with Crippen molar-refractivity contribution in [1.29, 1.82) is 0 Å². The van der Waals surface area contributed by atoms with Crippen LogP contribution in [0.1, 0.15) is 0 Å². The summed E-state index contributed by atoms with van der Waals surface area (Å²) in [6.07, 6.45) is 0. The molecule has 10 heavy (non-hydrogen) atoms. The molecule has 0 aromatic heterocycles.